The van der Waals surface area contributed by atoms with Crippen LogP contribution >= 0.6 is 9.24 Å². The molecule has 1 aliphatic carbocycles. The topological polar surface area (TPSA) is 34.5 Å². The molecule has 2 unspecified atom stereocenters. The molecule has 1 aliphatic rings. The maximum atomic E-state index is 13.2. The van der Waals surface area contributed by atoms with Crippen LogP contribution in [-0.2, 0) is 22.6 Å². The van der Waals surface area contributed by atoms with Crippen molar-refractivity contribution >= 4 is 26.0 Å². The number of hydrogen-bond donors (Lipinski definition) is 0. The predicted molar refractivity (Wildman–Crippen MR) is 120 cm³/mol. The van der Waals surface area contributed by atoms with Crippen LogP contribution in [0.5, 0.6) is 0 Å². The van der Waals surface area contributed by atoms with Gasteiger partial charge in [-0.3, -0.25) is 4.79 Å². The summed E-state index contributed by atoms with van der Waals surface area (Å²) in [5.74, 6) is 0.0629. The van der Waals surface area contributed by atoms with Gasteiger partial charge in [-0.15, -0.1) is 0 Å². The monoisotopic (exact) mass is 438 g/mol. The third-order valence-corrected chi connectivity index (χ3v) is 5.85. The molecule has 0 N–H and O–H groups in total. The molecule has 0 radical (unpaired) electrons. The lowest BCUT2D eigenvalue weighted by atomic mass is 10.1. The highest BCUT2D eigenvalue weighted by atomic mass is 31.0. The molecule has 0 saturated heterocycles. The zero-order valence-corrected chi connectivity index (χ0v) is 19.1. The van der Waals surface area contributed by atoms with E-state index < -0.39 is 11.8 Å². The molecule has 0 spiro atoms. The molecule has 2 atom stereocenters. The van der Waals surface area contributed by atoms with Gasteiger partial charge in [-0.05, 0) is 43.7 Å². The number of carbonyl (C=O) groups excluding carboxylic acids is 1. The van der Waals surface area contributed by atoms with Crippen molar-refractivity contribution in [3.05, 3.63) is 36.0 Å². The van der Waals surface area contributed by atoms with Gasteiger partial charge >= 0.3 is 0 Å². The molecular formula is C23H33F2N2O2P. The number of ether oxygens (including phenoxy) is 1. The van der Waals surface area contributed by atoms with Gasteiger partial charge in [-0.2, -0.15) is 0 Å². The minimum Gasteiger partial charge on any atom is -0.368 e. The number of para-hydroxylation sites is 1. The third-order valence-electron chi connectivity index (χ3n) is 5.56. The number of fused-ring (bicyclic) bond motifs is 1. The van der Waals surface area contributed by atoms with Gasteiger partial charge in [0.1, 0.15) is 6.10 Å². The Labute approximate surface area is 180 Å². The average molecular weight is 438 g/mol. The highest BCUT2D eigenvalue weighted by Gasteiger charge is 2.36. The Morgan fingerprint density at radius 3 is 2.70 bits per heavy atom. The summed E-state index contributed by atoms with van der Waals surface area (Å²) in [7, 11) is 1.61. The van der Waals surface area contributed by atoms with Crippen LogP contribution in [0.25, 0.3) is 10.9 Å². The van der Waals surface area contributed by atoms with Crippen molar-refractivity contribution in [2.24, 2.45) is 0 Å². The number of aryl methyl sites for hydroxylation is 1. The van der Waals surface area contributed by atoms with Gasteiger partial charge in [0.2, 0.25) is 0 Å². The number of hydrogen-bond acceptors (Lipinski definition) is 2. The third kappa shape index (κ3) is 6.01. The second-order valence-electron chi connectivity index (χ2n) is 8.19. The Hall–Kier alpha value is -1.52. The van der Waals surface area contributed by atoms with Crippen LogP contribution in [-0.4, -0.2) is 39.8 Å². The number of rotatable bonds is 12. The van der Waals surface area contributed by atoms with Crippen molar-refractivity contribution < 1.29 is 18.3 Å². The van der Waals surface area contributed by atoms with Gasteiger partial charge < -0.3 is 14.2 Å². The van der Waals surface area contributed by atoms with E-state index in [0.717, 1.165) is 35.7 Å². The molecule has 2 aromatic rings. The lowest BCUT2D eigenvalue weighted by Crippen LogP contribution is -2.41. The normalized spacial score (nSPS) is 15.5. The van der Waals surface area contributed by atoms with Gasteiger partial charge in [0.15, 0.2) is 0 Å². The summed E-state index contributed by atoms with van der Waals surface area (Å²) in [5.41, 5.74) is -0.639. The number of alkyl halides is 2. The fourth-order valence-corrected chi connectivity index (χ4v) is 4.09. The molecule has 1 aromatic carbocycles. The van der Waals surface area contributed by atoms with Gasteiger partial charge in [0.25, 0.3) is 11.6 Å². The number of benzene rings is 1. The van der Waals surface area contributed by atoms with E-state index in [0.29, 0.717) is 32.5 Å². The highest BCUT2D eigenvalue weighted by molar-refractivity contribution is 7.18. The molecule has 1 saturated carbocycles. The molecule has 4 nitrogen and oxygen atoms in total. The second kappa shape index (κ2) is 10.2. The Morgan fingerprint density at radius 2 is 2.07 bits per heavy atom. The van der Waals surface area contributed by atoms with Gasteiger partial charge in [0, 0.05) is 49.3 Å². The molecule has 1 aromatic heterocycles. The van der Waals surface area contributed by atoms with Crippen LogP contribution in [0.1, 0.15) is 57.9 Å². The number of amides is 1. The minimum atomic E-state index is -2.73. The molecule has 0 bridgehead atoms. The number of halogens is 2. The van der Waals surface area contributed by atoms with Crippen LogP contribution < -0.4 is 0 Å². The Kier molecular flexibility index (Phi) is 7.86. The van der Waals surface area contributed by atoms with E-state index in [1.807, 2.05) is 53.8 Å². The maximum Gasteiger partial charge on any atom is 0.259 e. The first kappa shape index (κ1) is 23.1. The Balaban J connectivity index is 1.80. The van der Waals surface area contributed by atoms with Crippen LogP contribution in [0, 0.1) is 0 Å². The van der Waals surface area contributed by atoms with E-state index in [9.17, 15) is 13.6 Å². The fourth-order valence-electron chi connectivity index (χ4n) is 3.88. The zero-order valence-electron chi connectivity index (χ0n) is 17.9. The fraction of sp³-hybridized carbons (Fsp3) is 0.609. The summed E-state index contributed by atoms with van der Waals surface area (Å²) < 4.78 is 34.2. The summed E-state index contributed by atoms with van der Waals surface area (Å²) in [6, 6.07) is 8.28. The summed E-state index contributed by atoms with van der Waals surface area (Å²) >= 11 is 0. The van der Waals surface area contributed by atoms with E-state index in [-0.39, 0.29) is 18.4 Å². The van der Waals surface area contributed by atoms with Crippen molar-refractivity contribution in [1.82, 2.24) is 9.47 Å². The van der Waals surface area contributed by atoms with Crippen LogP contribution in [0.3, 0.4) is 0 Å². The van der Waals surface area contributed by atoms with E-state index >= 15 is 0 Å². The van der Waals surface area contributed by atoms with Crippen molar-refractivity contribution in [1.29, 1.82) is 0 Å². The molecule has 0 aliphatic heterocycles. The molecule has 166 valence electrons. The first-order chi connectivity index (χ1) is 14.3. The van der Waals surface area contributed by atoms with Crippen LogP contribution in [0.15, 0.2) is 30.5 Å². The van der Waals surface area contributed by atoms with Gasteiger partial charge in [-0.1, -0.05) is 41.3 Å². The van der Waals surface area contributed by atoms with E-state index in [1.54, 1.807) is 9.24 Å². The molecule has 3 rings (SSSR count). The maximum absolute atomic E-state index is 13.2. The Bertz CT molecular complexity index is 845. The van der Waals surface area contributed by atoms with Crippen molar-refractivity contribution in [2.75, 3.05) is 6.61 Å². The standard InChI is InChI=1S/C23H33F2N2O2P/c1-3-14-29-21(4-2)22(28)27(18-10-11-18)16-17-15-26(13-7-12-23(24,25)30)20-9-6-5-8-19(17)20/h5-6,8-9,15,18,21H,3-4,7,10-14,16,30H2,1-2H3. The van der Waals surface area contributed by atoms with E-state index in [4.69, 9.17) is 4.74 Å². The van der Waals surface area contributed by atoms with Crippen molar-refractivity contribution in [3.63, 3.8) is 0 Å². The van der Waals surface area contributed by atoms with Crippen LogP contribution in [0.4, 0.5) is 8.78 Å². The molecular weight excluding hydrogens is 405 g/mol. The Morgan fingerprint density at radius 1 is 1.33 bits per heavy atom. The lowest BCUT2D eigenvalue weighted by molar-refractivity contribution is -0.145. The number of nitrogens with zero attached hydrogens (tertiary/aromatic N) is 2. The highest BCUT2D eigenvalue weighted by Crippen LogP contribution is 2.33. The smallest absolute Gasteiger partial charge is 0.259 e. The summed E-state index contributed by atoms with van der Waals surface area (Å²) in [6.45, 7) is 5.67. The molecule has 7 heteroatoms. The van der Waals surface area contributed by atoms with Crippen LogP contribution in [0.2, 0.25) is 0 Å². The molecule has 30 heavy (non-hydrogen) atoms. The quantitative estimate of drug-likeness (QED) is 0.405. The second-order valence-corrected chi connectivity index (χ2v) is 9.04. The van der Waals surface area contributed by atoms with Gasteiger partial charge in [0.05, 0.1) is 0 Å². The largest absolute Gasteiger partial charge is 0.368 e. The predicted octanol–water partition coefficient (Wildman–Crippen LogP) is 5.59. The minimum absolute atomic E-state index is 0.0629. The van der Waals surface area contributed by atoms with Crippen molar-refractivity contribution in [3.8, 4) is 0 Å². The SMILES string of the molecule is CCCOC(CC)C(=O)N(Cc1cn(CCCC(F)(F)P)c2ccccc12)C1CC1. The molecule has 1 heterocycles. The zero-order chi connectivity index (χ0) is 21.7. The van der Waals surface area contributed by atoms with Gasteiger partial charge in [-0.25, -0.2) is 8.78 Å². The van der Waals surface area contributed by atoms with E-state index in [1.165, 1.54) is 0 Å². The summed E-state index contributed by atoms with van der Waals surface area (Å²) in [5, 5.41) is 1.08. The molecule has 1 amide bonds. The number of carbonyl (C=O) groups is 1. The first-order valence-electron chi connectivity index (χ1n) is 11.0. The molecule has 1 fully saturated rings. The lowest BCUT2D eigenvalue weighted by Gasteiger charge is -2.27. The average Bonchev–Trinajstić information content (AvgIpc) is 3.49. The van der Waals surface area contributed by atoms with E-state index in [2.05, 4.69) is 0 Å². The first-order valence-corrected chi connectivity index (χ1v) is 11.6. The number of aromatic nitrogens is 1. The summed E-state index contributed by atoms with van der Waals surface area (Å²) in [4.78, 5) is 15.2. The van der Waals surface area contributed by atoms with Crippen molar-refractivity contribution in [2.45, 2.75) is 83.3 Å². The summed E-state index contributed by atoms with van der Waals surface area (Å²) in [6.07, 6.45) is 5.45.